The first-order chi connectivity index (χ1) is 12.9. The normalized spacial score (nSPS) is 14.3. The summed E-state index contributed by atoms with van der Waals surface area (Å²) in [4.78, 5) is 22.1. The van der Waals surface area contributed by atoms with Crippen LogP contribution in [-0.4, -0.2) is 46.1 Å². The molecule has 4 rings (SSSR count). The molecule has 1 saturated heterocycles. The molecule has 26 heavy (non-hydrogen) atoms. The molecule has 0 bridgehead atoms. The zero-order chi connectivity index (χ0) is 17.6. The topological polar surface area (TPSA) is 70.1 Å². The molecular formula is C19H21N7. The van der Waals surface area contributed by atoms with Crippen LogP contribution in [0.25, 0.3) is 0 Å². The fourth-order valence-corrected chi connectivity index (χ4v) is 2.98. The number of benzene rings is 1. The van der Waals surface area contributed by atoms with E-state index in [0.717, 1.165) is 37.9 Å². The van der Waals surface area contributed by atoms with E-state index in [2.05, 4.69) is 47.2 Å². The second-order valence-corrected chi connectivity index (χ2v) is 6.10. The van der Waals surface area contributed by atoms with Crippen LogP contribution in [0.3, 0.4) is 0 Å². The van der Waals surface area contributed by atoms with Crippen molar-refractivity contribution >= 4 is 17.7 Å². The van der Waals surface area contributed by atoms with Gasteiger partial charge >= 0.3 is 0 Å². The Morgan fingerprint density at radius 3 is 2.27 bits per heavy atom. The molecular weight excluding hydrogens is 326 g/mol. The summed E-state index contributed by atoms with van der Waals surface area (Å²) in [6, 6.07) is 14.0. The zero-order valence-electron chi connectivity index (χ0n) is 14.5. The van der Waals surface area contributed by atoms with Crippen molar-refractivity contribution in [3.63, 3.8) is 0 Å². The van der Waals surface area contributed by atoms with E-state index in [0.29, 0.717) is 12.5 Å². The molecule has 0 atom stereocenters. The Labute approximate surface area is 152 Å². The van der Waals surface area contributed by atoms with Gasteiger partial charge in [0, 0.05) is 51.3 Å². The van der Waals surface area contributed by atoms with Crippen molar-refractivity contribution in [2.75, 3.05) is 41.3 Å². The predicted molar refractivity (Wildman–Crippen MR) is 102 cm³/mol. The molecule has 3 heterocycles. The van der Waals surface area contributed by atoms with E-state index in [4.69, 9.17) is 0 Å². The maximum atomic E-state index is 4.66. The van der Waals surface area contributed by atoms with Crippen LogP contribution in [0.4, 0.5) is 17.7 Å². The minimum atomic E-state index is 0.653. The third-order valence-electron chi connectivity index (χ3n) is 4.37. The molecule has 0 aliphatic carbocycles. The van der Waals surface area contributed by atoms with Gasteiger partial charge in [0.05, 0.1) is 0 Å². The van der Waals surface area contributed by atoms with Gasteiger partial charge in [0.2, 0.25) is 11.9 Å². The first-order valence-electron chi connectivity index (χ1n) is 8.76. The number of nitrogens with one attached hydrogen (secondary N) is 1. The lowest BCUT2D eigenvalue weighted by Crippen LogP contribution is -2.47. The maximum absolute atomic E-state index is 4.66. The Kier molecular flexibility index (Phi) is 4.86. The zero-order valence-corrected chi connectivity index (χ0v) is 14.5. The summed E-state index contributed by atoms with van der Waals surface area (Å²) in [6.45, 7) is 4.23. The lowest BCUT2D eigenvalue weighted by atomic mass is 10.2. The molecule has 7 heteroatoms. The average Bonchev–Trinajstić information content (AvgIpc) is 2.74. The summed E-state index contributed by atoms with van der Waals surface area (Å²) in [6.07, 6.45) is 5.37. The van der Waals surface area contributed by atoms with Crippen LogP contribution in [0.1, 0.15) is 5.56 Å². The van der Waals surface area contributed by atoms with Gasteiger partial charge in [0.15, 0.2) is 0 Å². The first kappa shape index (κ1) is 16.3. The predicted octanol–water partition coefficient (Wildman–Crippen LogP) is 2.21. The molecule has 1 aliphatic heterocycles. The number of hydrogen-bond donors (Lipinski definition) is 1. The largest absolute Gasteiger partial charge is 0.353 e. The second kappa shape index (κ2) is 7.77. The number of nitrogens with zero attached hydrogens (tertiary/aromatic N) is 6. The van der Waals surface area contributed by atoms with Gasteiger partial charge in [0.25, 0.3) is 0 Å². The molecule has 7 nitrogen and oxygen atoms in total. The van der Waals surface area contributed by atoms with Gasteiger partial charge < -0.3 is 15.1 Å². The van der Waals surface area contributed by atoms with E-state index in [1.54, 1.807) is 12.4 Å². The molecule has 1 aromatic carbocycles. The molecule has 2 aromatic heterocycles. The van der Waals surface area contributed by atoms with E-state index in [-0.39, 0.29) is 0 Å². The van der Waals surface area contributed by atoms with E-state index in [1.807, 2.05) is 36.5 Å². The number of anilines is 3. The summed E-state index contributed by atoms with van der Waals surface area (Å²) in [7, 11) is 0. The first-order valence-corrected chi connectivity index (χ1v) is 8.76. The van der Waals surface area contributed by atoms with E-state index in [1.165, 1.54) is 5.56 Å². The monoisotopic (exact) mass is 347 g/mol. The fraction of sp³-hybridized carbons (Fsp3) is 0.263. The highest BCUT2D eigenvalue weighted by Gasteiger charge is 2.20. The van der Waals surface area contributed by atoms with Crippen molar-refractivity contribution in [2.45, 2.75) is 6.54 Å². The third kappa shape index (κ3) is 3.88. The summed E-state index contributed by atoms with van der Waals surface area (Å²) < 4.78 is 0. The van der Waals surface area contributed by atoms with Crippen molar-refractivity contribution in [2.24, 2.45) is 0 Å². The molecule has 0 spiro atoms. The van der Waals surface area contributed by atoms with E-state index in [9.17, 15) is 0 Å². The van der Waals surface area contributed by atoms with Crippen LogP contribution in [0.5, 0.6) is 0 Å². The highest BCUT2D eigenvalue weighted by Crippen LogP contribution is 2.17. The van der Waals surface area contributed by atoms with Gasteiger partial charge in [-0.1, -0.05) is 30.3 Å². The molecule has 0 radical (unpaired) electrons. The minimum Gasteiger partial charge on any atom is -0.353 e. The maximum Gasteiger partial charge on any atom is 0.225 e. The number of hydrogen-bond acceptors (Lipinski definition) is 7. The van der Waals surface area contributed by atoms with Crippen molar-refractivity contribution in [1.82, 2.24) is 19.9 Å². The molecule has 1 N–H and O–H groups in total. The smallest absolute Gasteiger partial charge is 0.225 e. The Balaban J connectivity index is 1.36. The standard InChI is InChI=1S/C19H21N7/c1-2-5-16(6-3-1)15-23-18-20-10-7-17(24-18)25-11-13-26(14-12-25)19-21-8-4-9-22-19/h1-10H,11-15H2,(H,20,23,24). The number of piperazine rings is 1. The van der Waals surface area contributed by atoms with Crippen LogP contribution >= 0.6 is 0 Å². The van der Waals surface area contributed by atoms with Crippen LogP contribution in [0.2, 0.25) is 0 Å². The lowest BCUT2D eigenvalue weighted by Gasteiger charge is -2.35. The summed E-state index contributed by atoms with van der Waals surface area (Å²) in [5.41, 5.74) is 1.21. The van der Waals surface area contributed by atoms with Gasteiger partial charge in [0.1, 0.15) is 5.82 Å². The van der Waals surface area contributed by atoms with Gasteiger partial charge in [-0.05, 0) is 17.7 Å². The molecule has 0 amide bonds. The van der Waals surface area contributed by atoms with Gasteiger partial charge in [-0.2, -0.15) is 4.98 Å². The molecule has 1 aliphatic rings. The van der Waals surface area contributed by atoms with Gasteiger partial charge in [-0.15, -0.1) is 0 Å². The molecule has 0 saturated carbocycles. The Bertz CT molecular complexity index is 818. The molecule has 1 fully saturated rings. The van der Waals surface area contributed by atoms with E-state index < -0.39 is 0 Å². The van der Waals surface area contributed by atoms with E-state index >= 15 is 0 Å². The van der Waals surface area contributed by atoms with Gasteiger partial charge in [-0.25, -0.2) is 15.0 Å². The SMILES string of the molecule is c1ccc(CNc2nccc(N3CCN(c4ncccn4)CC3)n2)cc1. The van der Waals surface area contributed by atoms with Crippen LogP contribution in [0, 0.1) is 0 Å². The minimum absolute atomic E-state index is 0.653. The molecule has 0 unspecified atom stereocenters. The van der Waals surface area contributed by atoms with Crippen molar-refractivity contribution in [3.8, 4) is 0 Å². The summed E-state index contributed by atoms with van der Waals surface area (Å²) >= 11 is 0. The highest BCUT2D eigenvalue weighted by molar-refractivity contribution is 5.45. The quantitative estimate of drug-likeness (QED) is 0.759. The van der Waals surface area contributed by atoms with Crippen LogP contribution in [-0.2, 0) is 6.54 Å². The average molecular weight is 347 g/mol. The van der Waals surface area contributed by atoms with Crippen molar-refractivity contribution in [3.05, 3.63) is 66.6 Å². The Morgan fingerprint density at radius 1 is 0.769 bits per heavy atom. The van der Waals surface area contributed by atoms with Gasteiger partial charge in [-0.3, -0.25) is 0 Å². The third-order valence-corrected chi connectivity index (χ3v) is 4.37. The van der Waals surface area contributed by atoms with Crippen LogP contribution < -0.4 is 15.1 Å². The molecule has 3 aromatic rings. The highest BCUT2D eigenvalue weighted by atomic mass is 15.3. The fourth-order valence-electron chi connectivity index (χ4n) is 2.98. The number of aromatic nitrogens is 4. The Hall–Kier alpha value is -3.22. The van der Waals surface area contributed by atoms with Crippen LogP contribution in [0.15, 0.2) is 61.1 Å². The summed E-state index contributed by atoms with van der Waals surface area (Å²) in [5, 5.41) is 3.30. The second-order valence-electron chi connectivity index (χ2n) is 6.10. The van der Waals surface area contributed by atoms with Crippen molar-refractivity contribution in [1.29, 1.82) is 0 Å². The Morgan fingerprint density at radius 2 is 1.50 bits per heavy atom. The van der Waals surface area contributed by atoms with Crippen molar-refractivity contribution < 1.29 is 0 Å². The molecule has 132 valence electrons. The summed E-state index contributed by atoms with van der Waals surface area (Å²) in [5.74, 6) is 2.39. The number of rotatable bonds is 5. The lowest BCUT2D eigenvalue weighted by molar-refractivity contribution is 0.634.